The summed E-state index contributed by atoms with van der Waals surface area (Å²) >= 11 is 0. The molecule has 0 aliphatic heterocycles. The minimum Gasteiger partial charge on any atom is -0.486 e. The third kappa shape index (κ3) is 8.77. The quantitative estimate of drug-likeness (QED) is 0.402. The Hall–Kier alpha value is -2.89. The fourth-order valence-electron chi connectivity index (χ4n) is 2.77. The highest BCUT2D eigenvalue weighted by atomic mass is 16.5. The van der Waals surface area contributed by atoms with E-state index in [4.69, 9.17) is 9.47 Å². The molecule has 1 aromatic carbocycles. The second kappa shape index (κ2) is 13.3. The van der Waals surface area contributed by atoms with E-state index in [2.05, 4.69) is 17.2 Å². The first-order chi connectivity index (χ1) is 14.2. The highest BCUT2D eigenvalue weighted by Crippen LogP contribution is 2.17. The molecule has 0 unspecified atom stereocenters. The molecule has 6 heteroatoms. The smallest absolute Gasteiger partial charge is 0.325 e. The number of benzene rings is 1. The lowest BCUT2D eigenvalue weighted by molar-refractivity contribution is -0.142. The third-order valence-electron chi connectivity index (χ3n) is 4.38. The zero-order valence-electron chi connectivity index (χ0n) is 17.1. The SMILES string of the molecule is CCCCCCCCOC(=O)CNC(=O)c1ncccc1OCc1ccccc1. The first-order valence-electron chi connectivity index (χ1n) is 10.3. The molecule has 0 spiro atoms. The first kappa shape index (κ1) is 22.4. The minimum absolute atomic E-state index is 0.146. The Morgan fingerprint density at radius 2 is 1.72 bits per heavy atom. The Bertz CT molecular complexity index is 750. The van der Waals surface area contributed by atoms with E-state index in [1.165, 1.54) is 25.5 Å². The second-order valence-corrected chi connectivity index (χ2v) is 6.80. The average molecular weight is 399 g/mol. The zero-order chi connectivity index (χ0) is 20.7. The molecule has 2 aromatic rings. The average Bonchev–Trinajstić information content (AvgIpc) is 2.76. The number of hydrogen-bond donors (Lipinski definition) is 1. The Morgan fingerprint density at radius 3 is 2.52 bits per heavy atom. The van der Waals surface area contributed by atoms with Crippen molar-refractivity contribution >= 4 is 11.9 Å². The molecule has 0 aliphatic carbocycles. The summed E-state index contributed by atoms with van der Waals surface area (Å²) < 4.78 is 10.9. The van der Waals surface area contributed by atoms with Gasteiger partial charge in [-0.1, -0.05) is 69.4 Å². The van der Waals surface area contributed by atoms with Crippen molar-refractivity contribution in [2.75, 3.05) is 13.2 Å². The van der Waals surface area contributed by atoms with Crippen LogP contribution in [0.2, 0.25) is 0 Å². The van der Waals surface area contributed by atoms with E-state index in [-0.39, 0.29) is 12.2 Å². The lowest BCUT2D eigenvalue weighted by Gasteiger charge is -2.11. The van der Waals surface area contributed by atoms with E-state index < -0.39 is 11.9 Å². The third-order valence-corrected chi connectivity index (χ3v) is 4.38. The van der Waals surface area contributed by atoms with Crippen molar-refractivity contribution in [2.45, 2.75) is 52.1 Å². The number of pyridine rings is 1. The standard InChI is InChI=1S/C23H30N2O4/c1-2-3-4-5-6-10-16-28-21(26)17-25-23(27)22-20(14-11-15-24-22)29-18-19-12-8-7-9-13-19/h7-9,11-15H,2-6,10,16-18H2,1H3,(H,25,27). The summed E-state index contributed by atoms with van der Waals surface area (Å²) in [5.74, 6) is -0.547. The summed E-state index contributed by atoms with van der Waals surface area (Å²) in [6, 6.07) is 13.0. The van der Waals surface area contributed by atoms with Crippen molar-refractivity contribution < 1.29 is 19.1 Å². The van der Waals surface area contributed by atoms with Gasteiger partial charge in [0.2, 0.25) is 0 Å². The van der Waals surface area contributed by atoms with Crippen LogP contribution >= 0.6 is 0 Å². The van der Waals surface area contributed by atoms with E-state index in [0.717, 1.165) is 24.8 Å². The van der Waals surface area contributed by atoms with Crippen LogP contribution in [0, 0.1) is 0 Å². The van der Waals surface area contributed by atoms with Crippen molar-refractivity contribution in [3.63, 3.8) is 0 Å². The molecule has 0 atom stereocenters. The summed E-state index contributed by atoms with van der Waals surface area (Å²) in [6.07, 6.45) is 8.26. The Labute approximate surface area is 172 Å². The fraction of sp³-hybridized carbons (Fsp3) is 0.435. The number of esters is 1. The molecular weight excluding hydrogens is 368 g/mol. The Morgan fingerprint density at radius 1 is 0.966 bits per heavy atom. The van der Waals surface area contributed by atoms with Gasteiger partial charge in [0.25, 0.3) is 5.91 Å². The molecular formula is C23H30N2O4. The van der Waals surface area contributed by atoms with E-state index >= 15 is 0 Å². The predicted molar refractivity (Wildman–Crippen MR) is 112 cm³/mol. The minimum atomic E-state index is -0.467. The number of carbonyl (C=O) groups excluding carboxylic acids is 2. The molecule has 2 rings (SSSR count). The Balaban J connectivity index is 1.72. The normalized spacial score (nSPS) is 10.4. The maximum atomic E-state index is 12.4. The van der Waals surface area contributed by atoms with Crippen molar-refractivity contribution in [2.24, 2.45) is 0 Å². The number of amides is 1. The van der Waals surface area contributed by atoms with E-state index in [0.29, 0.717) is 19.0 Å². The van der Waals surface area contributed by atoms with Crippen LogP contribution in [-0.4, -0.2) is 30.0 Å². The van der Waals surface area contributed by atoms with Gasteiger partial charge < -0.3 is 14.8 Å². The van der Waals surface area contributed by atoms with Crippen molar-refractivity contribution in [1.29, 1.82) is 0 Å². The van der Waals surface area contributed by atoms with Gasteiger partial charge in [-0.15, -0.1) is 0 Å². The molecule has 0 radical (unpaired) electrons. The van der Waals surface area contributed by atoms with Gasteiger partial charge in [-0.3, -0.25) is 9.59 Å². The molecule has 1 aromatic heterocycles. The van der Waals surface area contributed by atoms with Gasteiger partial charge in [0.15, 0.2) is 11.4 Å². The van der Waals surface area contributed by atoms with Crippen LogP contribution in [0.3, 0.4) is 0 Å². The van der Waals surface area contributed by atoms with E-state index in [1.807, 2.05) is 30.3 Å². The number of carbonyl (C=O) groups is 2. The van der Waals surface area contributed by atoms with Gasteiger partial charge in [0, 0.05) is 6.20 Å². The highest BCUT2D eigenvalue weighted by molar-refractivity contribution is 5.96. The van der Waals surface area contributed by atoms with Crippen LogP contribution < -0.4 is 10.1 Å². The molecule has 6 nitrogen and oxygen atoms in total. The van der Waals surface area contributed by atoms with Crippen LogP contribution in [0.5, 0.6) is 5.75 Å². The molecule has 1 heterocycles. The molecule has 156 valence electrons. The summed E-state index contributed by atoms with van der Waals surface area (Å²) in [6.45, 7) is 2.70. The Kier molecular flexibility index (Phi) is 10.3. The van der Waals surface area contributed by atoms with Crippen LogP contribution in [-0.2, 0) is 16.1 Å². The molecule has 0 bridgehead atoms. The van der Waals surface area contributed by atoms with Crippen LogP contribution in [0.1, 0.15) is 61.5 Å². The maximum Gasteiger partial charge on any atom is 0.325 e. The number of unbranched alkanes of at least 4 members (excludes halogenated alkanes) is 5. The fourth-order valence-corrected chi connectivity index (χ4v) is 2.77. The van der Waals surface area contributed by atoms with E-state index in [1.54, 1.807) is 12.1 Å². The van der Waals surface area contributed by atoms with Crippen LogP contribution in [0.25, 0.3) is 0 Å². The largest absolute Gasteiger partial charge is 0.486 e. The van der Waals surface area contributed by atoms with Crippen molar-refractivity contribution in [3.05, 3.63) is 59.9 Å². The van der Waals surface area contributed by atoms with Crippen LogP contribution in [0.15, 0.2) is 48.7 Å². The second-order valence-electron chi connectivity index (χ2n) is 6.80. The number of aromatic nitrogens is 1. The van der Waals surface area contributed by atoms with Gasteiger partial charge in [-0.2, -0.15) is 0 Å². The first-order valence-corrected chi connectivity index (χ1v) is 10.3. The molecule has 0 aliphatic rings. The topological polar surface area (TPSA) is 77.5 Å². The summed E-state index contributed by atoms with van der Waals surface area (Å²) in [4.78, 5) is 28.3. The summed E-state index contributed by atoms with van der Waals surface area (Å²) in [7, 11) is 0. The molecule has 0 fully saturated rings. The summed E-state index contributed by atoms with van der Waals surface area (Å²) in [5.41, 5.74) is 1.13. The molecule has 1 amide bonds. The zero-order valence-corrected chi connectivity index (χ0v) is 17.1. The molecule has 29 heavy (non-hydrogen) atoms. The number of nitrogens with one attached hydrogen (secondary N) is 1. The highest BCUT2D eigenvalue weighted by Gasteiger charge is 2.15. The molecule has 1 N–H and O–H groups in total. The maximum absolute atomic E-state index is 12.4. The molecule has 0 saturated carbocycles. The van der Waals surface area contributed by atoms with Gasteiger partial charge in [0.1, 0.15) is 13.2 Å². The summed E-state index contributed by atoms with van der Waals surface area (Å²) in [5, 5.41) is 2.55. The number of rotatable bonds is 13. The van der Waals surface area contributed by atoms with Crippen LogP contribution in [0.4, 0.5) is 0 Å². The predicted octanol–water partition coefficient (Wildman–Crippen LogP) is 4.29. The van der Waals surface area contributed by atoms with Gasteiger partial charge >= 0.3 is 5.97 Å². The molecule has 0 saturated heterocycles. The number of ether oxygens (including phenoxy) is 2. The monoisotopic (exact) mass is 398 g/mol. The lowest BCUT2D eigenvalue weighted by atomic mass is 10.1. The number of nitrogens with zero attached hydrogens (tertiary/aromatic N) is 1. The van der Waals surface area contributed by atoms with E-state index in [9.17, 15) is 9.59 Å². The van der Waals surface area contributed by atoms with Gasteiger partial charge in [-0.25, -0.2) is 4.98 Å². The number of hydrogen-bond acceptors (Lipinski definition) is 5. The van der Waals surface area contributed by atoms with Crippen molar-refractivity contribution in [1.82, 2.24) is 10.3 Å². The van der Waals surface area contributed by atoms with Gasteiger partial charge in [0.05, 0.1) is 6.61 Å². The van der Waals surface area contributed by atoms with Gasteiger partial charge in [-0.05, 0) is 24.1 Å². The van der Waals surface area contributed by atoms with Crippen molar-refractivity contribution in [3.8, 4) is 5.75 Å². The lowest BCUT2D eigenvalue weighted by Crippen LogP contribution is -2.31.